The van der Waals surface area contributed by atoms with Crippen molar-refractivity contribution in [2.24, 2.45) is 4.99 Å². The molecule has 1 unspecified atom stereocenters. The number of aliphatic hydroxyl groups is 1. The molecule has 1 aliphatic rings. The number of aliphatic imine (C=N–C) groups is 1. The quantitative estimate of drug-likeness (QED) is 0.642. The van der Waals surface area contributed by atoms with Crippen LogP contribution in [0, 0.1) is 0 Å². The van der Waals surface area contributed by atoms with Crippen LogP contribution in [0.5, 0.6) is 0 Å². The lowest BCUT2D eigenvalue weighted by atomic mass is 10.1. The van der Waals surface area contributed by atoms with E-state index in [9.17, 15) is 9.90 Å². The number of hydrogen-bond donors (Lipinski definition) is 3. The maximum atomic E-state index is 11.4. The average Bonchev–Trinajstić information content (AvgIpc) is 2.82. The van der Waals surface area contributed by atoms with E-state index in [1.54, 1.807) is 6.08 Å². The Hall–Kier alpha value is -2.51. The number of nitrogens with one attached hydrogen (secondary N) is 2. The number of aromatic amines is 1. The van der Waals surface area contributed by atoms with E-state index < -0.39 is 6.23 Å². The maximum absolute atomic E-state index is 11.4. The number of fused-ring (bicyclic) bond motifs is 5. The van der Waals surface area contributed by atoms with Gasteiger partial charge in [0.1, 0.15) is 0 Å². The van der Waals surface area contributed by atoms with Gasteiger partial charge in [0, 0.05) is 10.1 Å². The minimum absolute atomic E-state index is 0.238. The third-order valence-corrected chi connectivity index (χ3v) is 4.82. The van der Waals surface area contributed by atoms with E-state index in [0.717, 1.165) is 20.7 Å². The summed E-state index contributed by atoms with van der Waals surface area (Å²) >= 11 is 1.47. The van der Waals surface area contributed by atoms with Gasteiger partial charge in [0.05, 0.1) is 40.1 Å². The van der Waals surface area contributed by atoms with Crippen LogP contribution in [0.1, 0.15) is 11.1 Å². The third-order valence-electron chi connectivity index (χ3n) is 3.63. The normalized spacial score (nSPS) is 17.7. The van der Waals surface area contributed by atoms with E-state index in [4.69, 9.17) is 0 Å². The van der Waals surface area contributed by atoms with Crippen molar-refractivity contribution >= 4 is 43.9 Å². The van der Waals surface area contributed by atoms with Crippen molar-refractivity contribution in [1.29, 1.82) is 0 Å². The molecule has 3 N–H and O–H groups in total. The topological polar surface area (TPSA) is 90.4 Å². The molecule has 1 aromatic carbocycles. The fourth-order valence-corrected chi connectivity index (χ4v) is 3.75. The minimum atomic E-state index is -0.923. The molecule has 22 heavy (non-hydrogen) atoms. The van der Waals surface area contributed by atoms with Crippen molar-refractivity contribution in [3.63, 3.8) is 0 Å². The fourth-order valence-electron chi connectivity index (χ4n) is 2.64. The zero-order valence-corrected chi connectivity index (χ0v) is 12.3. The summed E-state index contributed by atoms with van der Waals surface area (Å²) in [7, 11) is 0. The van der Waals surface area contributed by atoms with Crippen molar-refractivity contribution in [1.82, 2.24) is 9.97 Å². The lowest BCUT2D eigenvalue weighted by Gasteiger charge is -2.06. The van der Waals surface area contributed by atoms with Crippen LogP contribution in [0.3, 0.4) is 0 Å². The third kappa shape index (κ3) is 1.87. The molecule has 3 aromatic rings. The highest BCUT2D eigenvalue weighted by Gasteiger charge is 2.23. The summed E-state index contributed by atoms with van der Waals surface area (Å²) < 4.78 is 0.987. The smallest absolute Gasteiger partial charge is 0.266 e. The van der Waals surface area contributed by atoms with Crippen LogP contribution in [0.4, 0.5) is 5.69 Å². The second kappa shape index (κ2) is 4.75. The van der Waals surface area contributed by atoms with Gasteiger partial charge in [-0.2, -0.15) is 0 Å². The van der Waals surface area contributed by atoms with Gasteiger partial charge in [0.15, 0.2) is 6.23 Å². The minimum Gasteiger partial charge on any atom is -0.378 e. The molecule has 2 aromatic heterocycles. The van der Waals surface area contributed by atoms with Crippen LogP contribution in [-0.2, 0) is 0 Å². The molecule has 0 saturated heterocycles. The highest BCUT2D eigenvalue weighted by molar-refractivity contribution is 7.20. The molecule has 0 spiro atoms. The number of anilines is 1. The number of thiophene rings is 1. The molecule has 0 bridgehead atoms. The van der Waals surface area contributed by atoms with E-state index >= 15 is 0 Å². The summed E-state index contributed by atoms with van der Waals surface area (Å²) in [5.41, 5.74) is 2.66. The zero-order valence-electron chi connectivity index (χ0n) is 11.5. The van der Waals surface area contributed by atoms with Gasteiger partial charge in [0.25, 0.3) is 5.56 Å². The van der Waals surface area contributed by atoms with Gasteiger partial charge in [0.2, 0.25) is 0 Å². The molecule has 0 fully saturated rings. The summed E-state index contributed by atoms with van der Waals surface area (Å²) in [6, 6.07) is 3.74. The van der Waals surface area contributed by atoms with Crippen molar-refractivity contribution in [3.05, 3.63) is 46.2 Å². The molecule has 1 aliphatic heterocycles. The Morgan fingerprint density at radius 1 is 1.45 bits per heavy atom. The van der Waals surface area contributed by atoms with Crippen molar-refractivity contribution in [2.75, 3.05) is 11.9 Å². The Morgan fingerprint density at radius 3 is 3.14 bits per heavy atom. The van der Waals surface area contributed by atoms with Gasteiger partial charge in [-0.25, -0.2) is 4.98 Å². The lowest BCUT2D eigenvalue weighted by Crippen LogP contribution is -2.10. The van der Waals surface area contributed by atoms with Gasteiger partial charge >= 0.3 is 0 Å². The van der Waals surface area contributed by atoms with Crippen LogP contribution in [0.15, 0.2) is 40.8 Å². The molecule has 6 nitrogen and oxygen atoms in total. The largest absolute Gasteiger partial charge is 0.378 e. The van der Waals surface area contributed by atoms with Crippen LogP contribution in [0.2, 0.25) is 0 Å². The van der Waals surface area contributed by atoms with E-state index in [2.05, 4.69) is 26.9 Å². The van der Waals surface area contributed by atoms with Gasteiger partial charge in [-0.05, 0) is 18.2 Å². The number of aromatic nitrogens is 2. The molecule has 0 radical (unpaired) electrons. The van der Waals surface area contributed by atoms with Crippen LogP contribution in [-0.4, -0.2) is 27.3 Å². The molecular weight excluding hydrogens is 300 g/mol. The summed E-state index contributed by atoms with van der Waals surface area (Å²) in [6.07, 6.45) is 1.97. The molecule has 110 valence electrons. The highest BCUT2D eigenvalue weighted by Crippen LogP contribution is 2.43. The van der Waals surface area contributed by atoms with Crippen LogP contribution in [0.25, 0.3) is 21.1 Å². The van der Waals surface area contributed by atoms with Gasteiger partial charge in [-0.3, -0.25) is 9.79 Å². The number of benzene rings is 1. The van der Waals surface area contributed by atoms with Crippen molar-refractivity contribution in [3.8, 4) is 0 Å². The summed E-state index contributed by atoms with van der Waals surface area (Å²) in [5, 5.41) is 14.5. The lowest BCUT2D eigenvalue weighted by molar-refractivity contribution is 0.194. The number of H-pyrrole nitrogens is 1. The molecule has 4 rings (SSSR count). The number of rotatable bonds is 1. The first kappa shape index (κ1) is 13.2. The molecule has 0 amide bonds. The van der Waals surface area contributed by atoms with E-state index in [1.807, 2.05) is 12.1 Å². The highest BCUT2D eigenvalue weighted by atomic mass is 32.1. The zero-order chi connectivity index (χ0) is 15.3. The second-order valence-electron chi connectivity index (χ2n) is 4.98. The second-order valence-corrected chi connectivity index (χ2v) is 6.06. The van der Waals surface area contributed by atoms with Gasteiger partial charge in [-0.15, -0.1) is 11.3 Å². The first-order valence-corrected chi connectivity index (χ1v) is 7.54. The Labute approximate surface area is 128 Å². The standard InChI is InChI=1S/C15H12N4O2S/c1-2-7-5-16-13-11-9(22-14(13)15(21)18-7)4-3-8-12(11)17-6-10(20)19-8/h2-4,6,15-16,21H,1,5H2,(H,19,20). The van der Waals surface area contributed by atoms with Gasteiger partial charge < -0.3 is 15.4 Å². The Morgan fingerprint density at radius 2 is 2.32 bits per heavy atom. The number of aliphatic hydroxyl groups excluding tert-OH is 1. The average molecular weight is 312 g/mol. The Bertz CT molecular complexity index is 1000. The molecule has 7 heteroatoms. The number of nitrogens with zero attached hydrogens (tertiary/aromatic N) is 2. The van der Waals surface area contributed by atoms with E-state index in [0.29, 0.717) is 23.3 Å². The molecule has 3 heterocycles. The number of hydrogen-bond acceptors (Lipinski definition) is 6. The first-order valence-electron chi connectivity index (χ1n) is 6.73. The Balaban J connectivity index is 2.05. The predicted molar refractivity (Wildman–Crippen MR) is 88.8 cm³/mol. The molecule has 0 aliphatic carbocycles. The molecule has 0 saturated carbocycles. The van der Waals surface area contributed by atoms with Crippen molar-refractivity contribution in [2.45, 2.75) is 6.23 Å². The molecular formula is C15H12N4O2S. The van der Waals surface area contributed by atoms with Crippen LogP contribution >= 0.6 is 11.3 Å². The first-order chi connectivity index (χ1) is 10.7. The van der Waals surface area contributed by atoms with E-state index in [1.165, 1.54) is 17.5 Å². The van der Waals surface area contributed by atoms with Crippen LogP contribution < -0.4 is 10.9 Å². The summed E-state index contributed by atoms with van der Waals surface area (Å²) in [4.78, 5) is 23.5. The van der Waals surface area contributed by atoms with Crippen molar-refractivity contribution < 1.29 is 5.11 Å². The maximum Gasteiger partial charge on any atom is 0.266 e. The van der Waals surface area contributed by atoms with Gasteiger partial charge in [-0.1, -0.05) is 6.58 Å². The SMILES string of the molecule is C=CC1=NC(O)c2sc3ccc4[nH]c(=O)cnc4c3c2NC1. The van der Waals surface area contributed by atoms with E-state index in [-0.39, 0.29) is 5.56 Å². The summed E-state index contributed by atoms with van der Waals surface area (Å²) in [6.45, 7) is 4.18. The Kier molecular flexibility index (Phi) is 2.85. The predicted octanol–water partition coefficient (Wildman–Crippen LogP) is 2.18. The monoisotopic (exact) mass is 312 g/mol. The molecule has 1 atom stereocenters. The fraction of sp³-hybridized carbons (Fsp3) is 0.133. The summed E-state index contributed by atoms with van der Waals surface area (Å²) in [5.74, 6) is 0.